The summed E-state index contributed by atoms with van der Waals surface area (Å²) in [6.45, 7) is 0.930. The van der Waals surface area contributed by atoms with Gasteiger partial charge in [0.15, 0.2) is 0 Å². The van der Waals surface area contributed by atoms with Crippen LogP contribution in [-0.2, 0) is 14.3 Å². The van der Waals surface area contributed by atoms with Crippen molar-refractivity contribution < 1.29 is 14.3 Å². The minimum absolute atomic E-state index is 0.0183. The maximum absolute atomic E-state index is 13.4. The summed E-state index contributed by atoms with van der Waals surface area (Å²) < 4.78 is 4.99. The molecule has 1 N–H and O–H groups in total. The highest BCUT2D eigenvalue weighted by molar-refractivity contribution is 6.39. The third kappa shape index (κ3) is 3.67. The Morgan fingerprint density at radius 3 is 2.52 bits per heavy atom. The fourth-order valence-electron chi connectivity index (χ4n) is 2.88. The lowest BCUT2D eigenvalue weighted by molar-refractivity contribution is -0.120. The number of benzene rings is 2. The van der Waals surface area contributed by atoms with Gasteiger partial charge in [0.1, 0.15) is 5.57 Å². The first-order valence-corrected chi connectivity index (χ1v) is 8.82. The molecule has 27 heavy (non-hydrogen) atoms. The molecule has 1 heterocycles. The summed E-state index contributed by atoms with van der Waals surface area (Å²) in [7, 11) is 3.21. The fourth-order valence-corrected chi connectivity index (χ4v) is 3.14. The van der Waals surface area contributed by atoms with Crippen LogP contribution in [0.4, 0.5) is 17.1 Å². The molecule has 3 rings (SSSR count). The minimum atomic E-state index is -0.449. The first kappa shape index (κ1) is 18.9. The largest absolute Gasteiger partial charge is 0.388 e. The second kappa shape index (κ2) is 8.24. The molecule has 0 aromatic heterocycles. The lowest BCUT2D eigenvalue weighted by atomic mass is 10.2. The van der Waals surface area contributed by atoms with Gasteiger partial charge < -0.3 is 15.0 Å². The second-order valence-electron chi connectivity index (χ2n) is 5.95. The van der Waals surface area contributed by atoms with E-state index in [1.54, 1.807) is 44.5 Å². The summed E-state index contributed by atoms with van der Waals surface area (Å²) in [5.41, 5.74) is 1.68. The Balaban J connectivity index is 2.15. The number of methoxy groups -OCH3 is 1. The van der Waals surface area contributed by atoms with E-state index < -0.39 is 11.8 Å². The highest BCUT2D eigenvalue weighted by Gasteiger charge is 2.36. The Kier molecular flexibility index (Phi) is 5.78. The maximum Gasteiger partial charge on any atom is 0.270 e. The van der Waals surface area contributed by atoms with Crippen LogP contribution in [-0.4, -0.2) is 39.1 Å². The molecule has 6 nitrogen and oxygen atoms in total. The number of halogens is 1. The average molecular weight is 386 g/mol. The van der Waals surface area contributed by atoms with E-state index in [4.69, 9.17) is 16.3 Å². The molecule has 2 aromatic rings. The monoisotopic (exact) mass is 385 g/mol. The van der Waals surface area contributed by atoms with Crippen LogP contribution < -0.4 is 15.1 Å². The van der Waals surface area contributed by atoms with Gasteiger partial charge in [-0.15, -0.1) is 0 Å². The van der Waals surface area contributed by atoms with Crippen LogP contribution in [0.2, 0.25) is 5.02 Å². The van der Waals surface area contributed by atoms with E-state index in [1.165, 1.54) is 16.0 Å². The zero-order valence-corrected chi connectivity index (χ0v) is 15.9. The zero-order chi connectivity index (χ0) is 19.4. The standard InChI is InChI=1S/C20H20ClN3O3/c1-23-17-10-6-9-16(21)18(17)24(14-7-4-3-5-8-14)20(26)15(19(23)25)13-22-11-12-27-2/h3-10,13,22H,11-12H2,1-2H3/b15-13-. The number of likely N-dealkylation sites (N-methyl/N-ethyl adjacent to an activating group) is 1. The number of hydrogen-bond donors (Lipinski definition) is 1. The Bertz CT molecular complexity index is 883. The molecule has 0 unspecified atom stereocenters. The van der Waals surface area contributed by atoms with Crippen LogP contribution in [0.3, 0.4) is 0 Å². The molecule has 2 amide bonds. The first-order valence-electron chi connectivity index (χ1n) is 8.45. The molecular formula is C20H20ClN3O3. The number of para-hydroxylation sites is 2. The Morgan fingerprint density at radius 2 is 1.81 bits per heavy atom. The van der Waals surface area contributed by atoms with Gasteiger partial charge in [0.05, 0.1) is 23.0 Å². The third-order valence-electron chi connectivity index (χ3n) is 4.23. The molecule has 1 aliphatic heterocycles. The molecule has 0 atom stereocenters. The number of nitrogens with one attached hydrogen (secondary N) is 1. The van der Waals surface area contributed by atoms with E-state index in [0.717, 1.165) is 0 Å². The van der Waals surface area contributed by atoms with Crippen molar-refractivity contribution in [2.75, 3.05) is 37.1 Å². The minimum Gasteiger partial charge on any atom is -0.388 e. The van der Waals surface area contributed by atoms with Crippen LogP contribution in [0.15, 0.2) is 60.3 Å². The first-order chi connectivity index (χ1) is 13.1. The normalized spacial score (nSPS) is 15.7. The predicted octanol–water partition coefficient (Wildman–Crippen LogP) is 3.10. The molecule has 2 aromatic carbocycles. The maximum atomic E-state index is 13.4. The molecule has 0 spiro atoms. The van der Waals surface area contributed by atoms with Gasteiger partial charge >= 0.3 is 0 Å². The fraction of sp³-hybridized carbons (Fsp3) is 0.200. The number of carbonyl (C=O) groups excluding carboxylic acids is 2. The van der Waals surface area contributed by atoms with Gasteiger partial charge in [0, 0.05) is 32.6 Å². The quantitative estimate of drug-likeness (QED) is 0.488. The predicted molar refractivity (Wildman–Crippen MR) is 106 cm³/mol. The van der Waals surface area contributed by atoms with Crippen molar-refractivity contribution in [1.29, 1.82) is 0 Å². The van der Waals surface area contributed by atoms with Crippen LogP contribution in [0.25, 0.3) is 0 Å². The molecule has 1 aliphatic rings. The summed E-state index contributed by atoms with van der Waals surface area (Å²) in [5.74, 6) is -0.860. The van der Waals surface area contributed by atoms with E-state index in [1.807, 2.05) is 18.2 Å². The van der Waals surface area contributed by atoms with E-state index >= 15 is 0 Å². The van der Waals surface area contributed by atoms with Gasteiger partial charge in [0.25, 0.3) is 11.8 Å². The summed E-state index contributed by atoms with van der Waals surface area (Å²) >= 11 is 6.45. The number of nitrogens with zero attached hydrogens (tertiary/aromatic N) is 2. The van der Waals surface area contributed by atoms with E-state index in [9.17, 15) is 9.59 Å². The molecule has 0 fully saturated rings. The molecule has 0 bridgehead atoms. The van der Waals surface area contributed by atoms with Gasteiger partial charge in [-0.25, -0.2) is 0 Å². The SMILES string of the molecule is COCCN/C=C1/C(=O)N(C)c2cccc(Cl)c2N(c2ccccc2)C1=O. The van der Waals surface area contributed by atoms with Gasteiger partial charge in [-0.1, -0.05) is 35.9 Å². The average Bonchev–Trinajstić information content (AvgIpc) is 2.76. The number of anilines is 3. The summed E-state index contributed by atoms with van der Waals surface area (Å²) in [4.78, 5) is 29.2. The Morgan fingerprint density at radius 1 is 1.07 bits per heavy atom. The van der Waals surface area contributed by atoms with Gasteiger partial charge in [-0.05, 0) is 24.3 Å². The molecule has 140 valence electrons. The summed E-state index contributed by atoms with van der Waals surface area (Å²) in [5, 5.41) is 3.35. The van der Waals surface area contributed by atoms with Crippen LogP contribution in [0.5, 0.6) is 0 Å². The number of carbonyl (C=O) groups is 2. The second-order valence-corrected chi connectivity index (χ2v) is 6.36. The van der Waals surface area contributed by atoms with Gasteiger partial charge in [-0.3, -0.25) is 14.5 Å². The Labute approximate surface area is 163 Å². The Hall–Kier alpha value is -2.83. The van der Waals surface area contributed by atoms with E-state index in [2.05, 4.69) is 5.32 Å². The van der Waals surface area contributed by atoms with Crippen LogP contribution in [0, 0.1) is 0 Å². The number of hydrogen-bond acceptors (Lipinski definition) is 4. The van der Waals surface area contributed by atoms with Crippen molar-refractivity contribution in [3.8, 4) is 0 Å². The van der Waals surface area contributed by atoms with Crippen molar-refractivity contribution in [2.24, 2.45) is 0 Å². The third-order valence-corrected chi connectivity index (χ3v) is 4.54. The number of amides is 2. The molecule has 7 heteroatoms. The van der Waals surface area contributed by atoms with Crippen molar-refractivity contribution in [3.05, 3.63) is 65.3 Å². The molecule has 0 aliphatic carbocycles. The smallest absolute Gasteiger partial charge is 0.270 e. The zero-order valence-electron chi connectivity index (χ0n) is 15.1. The number of fused-ring (bicyclic) bond motifs is 1. The number of ether oxygens (including phenoxy) is 1. The number of rotatable bonds is 5. The van der Waals surface area contributed by atoms with Crippen LogP contribution >= 0.6 is 11.6 Å². The van der Waals surface area contributed by atoms with Crippen molar-refractivity contribution >= 4 is 40.5 Å². The van der Waals surface area contributed by atoms with Crippen molar-refractivity contribution in [1.82, 2.24) is 5.32 Å². The van der Waals surface area contributed by atoms with E-state index in [-0.39, 0.29) is 5.57 Å². The van der Waals surface area contributed by atoms with Gasteiger partial charge in [-0.2, -0.15) is 0 Å². The molecule has 0 radical (unpaired) electrons. The topological polar surface area (TPSA) is 61.9 Å². The van der Waals surface area contributed by atoms with Gasteiger partial charge in [0.2, 0.25) is 0 Å². The lowest BCUT2D eigenvalue weighted by Crippen LogP contribution is -2.33. The lowest BCUT2D eigenvalue weighted by Gasteiger charge is -2.24. The van der Waals surface area contributed by atoms with Crippen molar-refractivity contribution in [3.63, 3.8) is 0 Å². The van der Waals surface area contributed by atoms with Crippen LogP contribution in [0.1, 0.15) is 0 Å². The highest BCUT2D eigenvalue weighted by Crippen LogP contribution is 2.42. The molecule has 0 saturated carbocycles. The summed E-state index contributed by atoms with van der Waals surface area (Å²) in [6.07, 6.45) is 1.44. The van der Waals surface area contributed by atoms with E-state index in [0.29, 0.717) is 35.2 Å². The molecular weight excluding hydrogens is 366 g/mol. The molecule has 0 saturated heterocycles. The summed E-state index contributed by atoms with van der Waals surface area (Å²) in [6, 6.07) is 14.3. The highest BCUT2D eigenvalue weighted by atomic mass is 35.5. The van der Waals surface area contributed by atoms with Crippen molar-refractivity contribution in [2.45, 2.75) is 0 Å².